The minimum Gasteiger partial charge on any atom is -0.487 e. The van der Waals surface area contributed by atoms with E-state index >= 15 is 0 Å². The maximum Gasteiger partial charge on any atom is 0.165 e. The molecule has 0 aliphatic heterocycles. The Labute approximate surface area is 823 Å². The van der Waals surface area contributed by atoms with Crippen molar-refractivity contribution in [1.82, 2.24) is 28.2 Å². The summed E-state index contributed by atoms with van der Waals surface area (Å²) in [6, 6.07) is 71.2. The summed E-state index contributed by atoms with van der Waals surface area (Å²) in [4.78, 5) is 26.7. The maximum absolute atomic E-state index is 13.7. The van der Waals surface area contributed by atoms with Gasteiger partial charge < -0.3 is 27.7 Å². The highest BCUT2D eigenvalue weighted by Crippen LogP contribution is 2.49. The van der Waals surface area contributed by atoms with Crippen LogP contribution in [-0.4, -0.2) is 48.3 Å². The van der Waals surface area contributed by atoms with E-state index in [1.165, 1.54) is 97.9 Å². The number of hydrogen-bond acceptors (Lipinski definition) is 8. The van der Waals surface area contributed by atoms with E-state index in [4.69, 9.17) is 55.9 Å². The summed E-state index contributed by atoms with van der Waals surface area (Å²) >= 11 is 30.5. The van der Waals surface area contributed by atoms with Gasteiger partial charge in [-0.25, -0.2) is 0 Å². The van der Waals surface area contributed by atoms with E-state index in [0.29, 0.717) is 31.5 Å². The van der Waals surface area contributed by atoms with Crippen LogP contribution in [0, 0.1) is 27.1 Å². The number of carbonyl (C=O) groups excluding carboxylic acids is 1. The van der Waals surface area contributed by atoms with Gasteiger partial charge in [0.25, 0.3) is 0 Å². The third-order valence-corrected chi connectivity index (χ3v) is 26.9. The first kappa shape index (κ1) is 104. The smallest absolute Gasteiger partial charge is 0.165 e. The van der Waals surface area contributed by atoms with Crippen LogP contribution in [0.2, 0.25) is 20.1 Å². The van der Waals surface area contributed by atoms with E-state index in [0.717, 1.165) is 117 Å². The lowest BCUT2D eigenvalue weighted by Gasteiger charge is -2.24. The van der Waals surface area contributed by atoms with Crippen LogP contribution in [0.1, 0.15) is 290 Å². The number of ether oxygens (including phenoxy) is 2. The van der Waals surface area contributed by atoms with E-state index in [-0.39, 0.29) is 47.1 Å². The molecule has 0 saturated heterocycles. The Kier molecular flexibility index (Phi) is 34.2. The molecule has 0 unspecified atom stereocenters. The van der Waals surface area contributed by atoms with Crippen LogP contribution >= 0.6 is 81.7 Å². The number of nitrogens with zero attached hydrogens (tertiary/aromatic N) is 6. The maximum atomic E-state index is 13.7. The van der Waals surface area contributed by atoms with Crippen molar-refractivity contribution < 1.29 is 14.3 Å². The number of hydrogen-bond donors (Lipinski definition) is 0. The zero-order valence-corrected chi connectivity index (χ0v) is 89.3. The third kappa shape index (κ3) is 30.3. The first-order valence-electron chi connectivity index (χ1n) is 46.8. The number of Topliss-reactive ketones (excluding diaryl/α,β-unsaturated/α-hetero) is 1. The van der Waals surface area contributed by atoms with Crippen molar-refractivity contribution >= 4 is 131 Å². The molecule has 0 bridgehead atoms. The average Bonchev–Trinajstić information content (AvgIpc) is 1.51. The molecule has 14 aromatic rings. The second-order valence-corrected chi connectivity index (χ2v) is 52.5. The second-order valence-electron chi connectivity index (χ2n) is 45.2. The molecule has 0 spiro atoms. The molecule has 0 aliphatic rings. The highest BCUT2D eigenvalue weighted by Gasteiger charge is 2.33. The van der Waals surface area contributed by atoms with Gasteiger partial charge in [0.1, 0.15) is 24.7 Å². The molecule has 0 saturated carbocycles. The number of carbonyl (C=O) groups is 1. The van der Waals surface area contributed by atoms with E-state index < -0.39 is 0 Å². The molecule has 0 amide bonds. The van der Waals surface area contributed by atoms with Crippen molar-refractivity contribution in [3.8, 4) is 11.5 Å². The Hall–Kier alpha value is -8.30. The predicted octanol–water partition coefficient (Wildman–Crippen LogP) is 35.2. The number of thioether (sulfide) groups is 3. The van der Waals surface area contributed by atoms with Crippen LogP contribution in [0.25, 0.3) is 43.6 Å². The Morgan fingerprint density at radius 3 is 0.871 bits per heavy atom. The molecule has 0 N–H and O–H groups in total. The van der Waals surface area contributed by atoms with Gasteiger partial charge in [-0.05, 0) is 231 Å². The number of halogens is 4. The highest BCUT2D eigenvalue weighted by atomic mass is 35.5. The number of rotatable bonds is 25. The lowest BCUT2D eigenvalue weighted by atomic mass is 9.84. The van der Waals surface area contributed by atoms with Gasteiger partial charge in [-0.1, -0.05) is 313 Å². The van der Waals surface area contributed by atoms with Crippen LogP contribution in [0.3, 0.4) is 0 Å². The molecule has 6 heterocycles. The fourth-order valence-corrected chi connectivity index (χ4v) is 20.4. The van der Waals surface area contributed by atoms with Gasteiger partial charge in [0, 0.05) is 166 Å². The molecule has 702 valence electrons. The van der Waals surface area contributed by atoms with Gasteiger partial charge in [0.15, 0.2) is 5.78 Å². The molecular formula is C116H144Cl4N6O3S3. The van der Waals surface area contributed by atoms with Crippen molar-refractivity contribution in [1.29, 1.82) is 0 Å². The molecule has 0 atom stereocenters. The molecule has 16 heteroatoms. The summed E-state index contributed by atoms with van der Waals surface area (Å²) in [5, 5.41) is 8.04. The van der Waals surface area contributed by atoms with Crippen LogP contribution < -0.4 is 9.47 Å². The zero-order valence-electron chi connectivity index (χ0n) is 83.9. The fourth-order valence-electron chi connectivity index (χ4n) is 16.4. The normalized spacial score (nSPS) is 12.5. The van der Waals surface area contributed by atoms with E-state index in [1.54, 1.807) is 12.4 Å². The first-order chi connectivity index (χ1) is 61.6. The van der Waals surface area contributed by atoms with Gasteiger partial charge in [-0.15, -0.1) is 35.3 Å². The van der Waals surface area contributed by atoms with Crippen molar-refractivity contribution in [2.75, 3.05) is 0 Å². The summed E-state index contributed by atoms with van der Waals surface area (Å²) in [7, 11) is 0. The Bertz CT molecular complexity index is 6000. The number of ketones is 1. The van der Waals surface area contributed by atoms with Gasteiger partial charge in [-0.2, -0.15) is 0 Å². The molecule has 8 aromatic carbocycles. The van der Waals surface area contributed by atoms with Gasteiger partial charge in [-0.3, -0.25) is 14.8 Å². The van der Waals surface area contributed by atoms with Crippen molar-refractivity contribution in [3.05, 3.63) is 312 Å². The van der Waals surface area contributed by atoms with Crippen LogP contribution in [0.15, 0.2) is 233 Å². The lowest BCUT2D eigenvalue weighted by Crippen LogP contribution is -2.19. The number of fused-ring (bicyclic) bond motifs is 4. The third-order valence-electron chi connectivity index (χ3n) is 22.1. The molecule has 0 radical (unpaired) electrons. The summed E-state index contributed by atoms with van der Waals surface area (Å²) in [5.74, 6) is 2.91. The zero-order chi connectivity index (χ0) is 96.5. The molecule has 6 aromatic heterocycles. The summed E-state index contributed by atoms with van der Waals surface area (Å²) in [6.45, 7) is 67.7. The minimum absolute atomic E-state index is 0.0592. The van der Waals surface area contributed by atoms with Crippen LogP contribution in [0.4, 0.5) is 0 Å². The van der Waals surface area contributed by atoms with Crippen molar-refractivity contribution in [2.45, 2.75) is 306 Å². The van der Waals surface area contributed by atoms with E-state index in [1.807, 2.05) is 120 Å². The minimum atomic E-state index is -0.0592. The van der Waals surface area contributed by atoms with Crippen molar-refractivity contribution in [3.63, 3.8) is 0 Å². The second kappa shape index (κ2) is 43.4. The van der Waals surface area contributed by atoms with Gasteiger partial charge in [0.05, 0.1) is 11.4 Å². The van der Waals surface area contributed by atoms with Crippen molar-refractivity contribution in [2.24, 2.45) is 27.1 Å². The number of pyridine rings is 2. The fraction of sp³-hybridized carbons (Fsp3) is 0.422. The summed E-state index contributed by atoms with van der Waals surface area (Å²) in [5.41, 5.74) is 21.2. The Balaban J connectivity index is 0.000000170. The van der Waals surface area contributed by atoms with Gasteiger partial charge in [0.2, 0.25) is 0 Å². The summed E-state index contributed by atoms with van der Waals surface area (Å²) < 4.78 is 22.5. The molecule has 0 fully saturated rings. The highest BCUT2D eigenvalue weighted by molar-refractivity contribution is 8.01. The molecule has 14 rings (SSSR count). The predicted molar refractivity (Wildman–Crippen MR) is 573 cm³/mol. The number of aromatic nitrogens is 6. The first-order valence-corrected chi connectivity index (χ1v) is 50.8. The average molecular weight is 1910 g/mol. The van der Waals surface area contributed by atoms with E-state index in [2.05, 4.69) is 343 Å². The molecule has 0 aliphatic carbocycles. The molecule has 132 heavy (non-hydrogen) atoms. The van der Waals surface area contributed by atoms with Gasteiger partial charge >= 0.3 is 0 Å². The quantitative estimate of drug-likeness (QED) is 0.0414. The monoisotopic (exact) mass is 1900 g/mol. The van der Waals surface area contributed by atoms with E-state index in [9.17, 15) is 4.79 Å². The standard InChI is InChI=1S/2C30H35ClN2OS.C29H38ClNO.C27H36ClNS/c2*1-29(2,3)18-27-28(35-30(4,5)6)25-17-24(34-20-23-9-7-8-16-32-23)14-15-26(25)33(27)19-21-10-12-22(31)13-11-21;1-19(2)21-11-14-24-23(15-21)27(26(32)17-29(6,7)8)25(16-28(3,4)5)31(24)18-20-9-12-22(30)13-10-20;1-18(2)20-11-14-23-22(15-20)25(30-27(6,7)8)24(16-26(3,4)5)29(23)17-19-9-12-21(28)13-10-19/h2*7-17H,18-20H2,1-6H3;9-15,19H,16-18H2,1-8H3;9-15,18H,16-17H2,1-8H3. The van der Waals surface area contributed by atoms with Crippen LogP contribution in [0.5, 0.6) is 11.5 Å². The number of benzene rings is 8. The summed E-state index contributed by atoms with van der Waals surface area (Å²) in [6.07, 6.45) is 8.00. The largest absolute Gasteiger partial charge is 0.487 e. The lowest BCUT2D eigenvalue weighted by molar-refractivity contribution is 0.0939. The topological polar surface area (TPSA) is 81.0 Å². The van der Waals surface area contributed by atoms with Crippen LogP contribution in [-0.2, 0) is 65.1 Å². The Morgan fingerprint density at radius 1 is 0.326 bits per heavy atom. The Morgan fingerprint density at radius 2 is 0.598 bits per heavy atom. The molecule has 9 nitrogen and oxygen atoms in total. The SMILES string of the molecule is CC(C)(C)Cc1c(SC(C)(C)C)c2cc(OCc3ccccn3)ccc2n1Cc1ccc(Cl)cc1.CC(C)(C)Cc1c(SC(C)(C)C)c2cc(OCc3ccccn3)ccc2n1Cc1ccc(Cl)cc1.CC(C)c1ccc2c(c1)c(C(=O)CC(C)(C)C)c(CC(C)(C)C)n2Cc1ccc(Cl)cc1.CC(C)c1ccc2c(c1)c(SC(C)(C)C)c(CC(C)(C)C)n2Cc1ccc(Cl)cc1. The molecular weight excluding hydrogens is 1760 g/mol.